The van der Waals surface area contributed by atoms with Gasteiger partial charge in [-0.25, -0.2) is 18.3 Å². The van der Waals surface area contributed by atoms with Crippen molar-refractivity contribution in [3.63, 3.8) is 0 Å². The van der Waals surface area contributed by atoms with Gasteiger partial charge in [0.15, 0.2) is 20.5 Å². The number of rotatable bonds is 4. The molecule has 0 saturated heterocycles. The molecule has 0 aliphatic carbocycles. The number of halogens is 1. The van der Waals surface area contributed by atoms with Crippen LogP contribution in [0.2, 0.25) is 0 Å². The van der Waals surface area contributed by atoms with Gasteiger partial charge in [0, 0.05) is 5.88 Å². The summed E-state index contributed by atoms with van der Waals surface area (Å²) in [6.45, 7) is 1.73. The van der Waals surface area contributed by atoms with Crippen molar-refractivity contribution in [2.45, 2.75) is 11.9 Å². The van der Waals surface area contributed by atoms with Gasteiger partial charge in [-0.1, -0.05) is 6.92 Å². The Morgan fingerprint density at radius 1 is 1.50 bits per heavy atom. The van der Waals surface area contributed by atoms with Gasteiger partial charge in [0.1, 0.15) is 0 Å². The molecule has 9 heteroatoms. The summed E-state index contributed by atoms with van der Waals surface area (Å²) in [7, 11) is -3.55. The average molecular weight is 291 g/mol. The van der Waals surface area contributed by atoms with E-state index >= 15 is 0 Å². The molecule has 0 saturated carbocycles. The SMILES string of the molecule is CC(CCl)CS(=O)(=O)c1ccc2n[nH]c(=O)n2n1. The van der Waals surface area contributed by atoms with E-state index in [-0.39, 0.29) is 28.2 Å². The van der Waals surface area contributed by atoms with Crippen molar-refractivity contribution >= 4 is 27.1 Å². The first-order valence-corrected chi connectivity index (χ1v) is 7.36. The summed E-state index contributed by atoms with van der Waals surface area (Å²) in [6, 6.07) is 2.75. The van der Waals surface area contributed by atoms with Crippen molar-refractivity contribution in [3.8, 4) is 0 Å². The first-order valence-electron chi connectivity index (χ1n) is 5.17. The molecular weight excluding hydrogens is 280 g/mol. The molecule has 7 nitrogen and oxygen atoms in total. The second kappa shape index (κ2) is 4.69. The topological polar surface area (TPSA) is 97.2 Å². The van der Waals surface area contributed by atoms with E-state index < -0.39 is 15.5 Å². The molecule has 18 heavy (non-hydrogen) atoms. The fourth-order valence-electron chi connectivity index (χ4n) is 1.46. The minimum Gasteiger partial charge on any atom is -0.244 e. The number of aromatic nitrogens is 4. The molecule has 2 aromatic rings. The lowest BCUT2D eigenvalue weighted by atomic mass is 10.3. The molecule has 0 bridgehead atoms. The number of H-pyrrole nitrogens is 1. The Labute approximate surface area is 108 Å². The number of hydrogen-bond acceptors (Lipinski definition) is 5. The predicted octanol–water partition coefficient (Wildman–Crippen LogP) is 0.0662. The summed E-state index contributed by atoms with van der Waals surface area (Å²) in [5, 5.41) is 9.47. The third-order valence-corrected chi connectivity index (χ3v) is 4.72. The lowest BCUT2D eigenvalue weighted by molar-refractivity contribution is 0.575. The lowest BCUT2D eigenvalue weighted by Gasteiger charge is -2.07. The maximum absolute atomic E-state index is 12.0. The Morgan fingerprint density at radius 3 is 2.89 bits per heavy atom. The fraction of sp³-hybridized carbons (Fsp3) is 0.444. The van der Waals surface area contributed by atoms with E-state index in [1.54, 1.807) is 6.92 Å². The van der Waals surface area contributed by atoms with Crippen LogP contribution in [0.5, 0.6) is 0 Å². The molecule has 2 heterocycles. The van der Waals surface area contributed by atoms with Crippen LogP contribution in [0.15, 0.2) is 22.0 Å². The van der Waals surface area contributed by atoms with E-state index in [1.807, 2.05) is 0 Å². The summed E-state index contributed by atoms with van der Waals surface area (Å²) < 4.78 is 24.9. The Bertz CT molecular complexity index is 721. The first kappa shape index (κ1) is 13.0. The number of alkyl halides is 1. The van der Waals surface area contributed by atoms with E-state index in [0.29, 0.717) is 0 Å². The molecule has 0 fully saturated rings. The summed E-state index contributed by atoms with van der Waals surface area (Å²) >= 11 is 5.59. The highest BCUT2D eigenvalue weighted by atomic mass is 35.5. The van der Waals surface area contributed by atoms with Crippen LogP contribution in [0, 0.1) is 5.92 Å². The van der Waals surface area contributed by atoms with Crippen LogP contribution < -0.4 is 5.69 Å². The third-order valence-electron chi connectivity index (χ3n) is 2.34. The van der Waals surface area contributed by atoms with E-state index in [9.17, 15) is 13.2 Å². The third kappa shape index (κ3) is 2.39. The molecule has 2 aromatic heterocycles. The molecule has 1 atom stereocenters. The maximum Gasteiger partial charge on any atom is 0.364 e. The van der Waals surface area contributed by atoms with E-state index in [1.165, 1.54) is 12.1 Å². The van der Waals surface area contributed by atoms with E-state index in [0.717, 1.165) is 4.52 Å². The highest BCUT2D eigenvalue weighted by molar-refractivity contribution is 7.91. The summed E-state index contributed by atoms with van der Waals surface area (Å²) in [5.41, 5.74) is -0.309. The summed E-state index contributed by atoms with van der Waals surface area (Å²) in [5.74, 6) is -0.0513. The van der Waals surface area contributed by atoms with Crippen molar-refractivity contribution in [2.75, 3.05) is 11.6 Å². The Kier molecular flexibility index (Phi) is 3.40. The molecule has 98 valence electrons. The predicted molar refractivity (Wildman–Crippen MR) is 65.5 cm³/mol. The van der Waals surface area contributed by atoms with E-state index in [2.05, 4.69) is 15.3 Å². The standard InChI is InChI=1S/C9H11ClN4O3S/c1-6(4-10)5-18(16,17)8-3-2-7-11-12-9(15)14(7)13-8/h2-3,6H,4-5H2,1H3,(H,12,15). The fourth-order valence-corrected chi connectivity index (χ4v) is 3.21. The van der Waals surface area contributed by atoms with Gasteiger partial charge < -0.3 is 0 Å². The Balaban J connectivity index is 2.47. The van der Waals surface area contributed by atoms with Crippen LogP contribution in [0.1, 0.15) is 6.92 Å². The van der Waals surface area contributed by atoms with Gasteiger partial charge >= 0.3 is 5.69 Å². The zero-order valence-corrected chi connectivity index (χ0v) is 11.1. The molecule has 1 N–H and O–H groups in total. The van der Waals surface area contributed by atoms with Crippen LogP contribution in [0.4, 0.5) is 0 Å². The van der Waals surface area contributed by atoms with Crippen LogP contribution in [0.25, 0.3) is 5.65 Å². The Morgan fingerprint density at radius 2 is 2.22 bits per heavy atom. The van der Waals surface area contributed by atoms with Gasteiger partial charge in [0.05, 0.1) is 5.75 Å². The lowest BCUT2D eigenvalue weighted by Crippen LogP contribution is -2.19. The monoisotopic (exact) mass is 290 g/mol. The van der Waals surface area contributed by atoms with Crippen molar-refractivity contribution in [2.24, 2.45) is 5.92 Å². The number of aromatic amines is 1. The number of sulfone groups is 1. The second-order valence-corrected chi connectivity index (χ2v) is 6.30. The highest BCUT2D eigenvalue weighted by Gasteiger charge is 2.20. The average Bonchev–Trinajstić information content (AvgIpc) is 2.70. The highest BCUT2D eigenvalue weighted by Crippen LogP contribution is 2.12. The molecule has 2 rings (SSSR count). The van der Waals surface area contributed by atoms with Crippen LogP contribution in [-0.2, 0) is 9.84 Å². The number of nitrogens with one attached hydrogen (secondary N) is 1. The zero-order chi connectivity index (χ0) is 13.3. The smallest absolute Gasteiger partial charge is 0.244 e. The molecular formula is C9H11ClN4O3S. The van der Waals surface area contributed by atoms with Crippen LogP contribution in [-0.4, -0.2) is 39.9 Å². The molecule has 0 aliphatic heterocycles. The van der Waals surface area contributed by atoms with Gasteiger partial charge in [-0.15, -0.1) is 11.6 Å². The van der Waals surface area contributed by atoms with Crippen molar-refractivity contribution < 1.29 is 8.42 Å². The van der Waals surface area contributed by atoms with Crippen molar-refractivity contribution in [1.82, 2.24) is 19.8 Å². The van der Waals surface area contributed by atoms with Gasteiger partial charge in [0.2, 0.25) is 0 Å². The quantitative estimate of drug-likeness (QED) is 0.804. The minimum atomic E-state index is -3.55. The maximum atomic E-state index is 12.0. The van der Waals surface area contributed by atoms with Gasteiger partial charge in [-0.05, 0) is 18.1 Å². The minimum absolute atomic E-state index is 0.110. The van der Waals surface area contributed by atoms with Crippen LogP contribution in [0.3, 0.4) is 0 Å². The summed E-state index contributed by atoms with van der Waals surface area (Å²) in [6.07, 6.45) is 0. The van der Waals surface area contributed by atoms with Crippen LogP contribution >= 0.6 is 11.6 Å². The molecule has 0 amide bonds. The zero-order valence-electron chi connectivity index (χ0n) is 9.50. The normalized spacial score (nSPS) is 13.9. The molecule has 0 aliphatic rings. The molecule has 0 radical (unpaired) electrons. The van der Waals surface area contributed by atoms with Gasteiger partial charge in [-0.3, -0.25) is 0 Å². The number of hydrogen-bond donors (Lipinski definition) is 1. The first-order chi connectivity index (χ1) is 8.44. The number of nitrogens with zero attached hydrogens (tertiary/aromatic N) is 3. The molecule has 0 aromatic carbocycles. The largest absolute Gasteiger partial charge is 0.364 e. The molecule has 0 spiro atoms. The van der Waals surface area contributed by atoms with E-state index in [4.69, 9.17) is 11.6 Å². The molecule has 1 unspecified atom stereocenters. The number of fused-ring (bicyclic) bond motifs is 1. The second-order valence-electron chi connectivity index (χ2n) is 4.01. The van der Waals surface area contributed by atoms with Crippen molar-refractivity contribution in [1.29, 1.82) is 0 Å². The Hall–Kier alpha value is -1.41. The summed E-state index contributed by atoms with van der Waals surface area (Å²) in [4.78, 5) is 11.3. The van der Waals surface area contributed by atoms with Gasteiger partial charge in [0.25, 0.3) is 0 Å². The van der Waals surface area contributed by atoms with Gasteiger partial charge in [-0.2, -0.15) is 14.7 Å². The van der Waals surface area contributed by atoms with Crippen molar-refractivity contribution in [3.05, 3.63) is 22.6 Å².